The van der Waals surface area contributed by atoms with Crippen LogP contribution in [0.2, 0.25) is 0 Å². The maximum absolute atomic E-state index is 12.4. The van der Waals surface area contributed by atoms with Crippen LogP contribution < -0.4 is 0 Å². The predicted molar refractivity (Wildman–Crippen MR) is 72.8 cm³/mol. The molecule has 0 atom stereocenters. The van der Waals surface area contributed by atoms with Crippen LogP contribution in [0, 0.1) is 5.92 Å². The largest absolute Gasteiger partial charge is 0.243 e. The zero-order chi connectivity index (χ0) is 13.0. The smallest absolute Gasteiger partial charge is 0.207 e. The SMILES string of the molecule is CCCC1CCN(S(=O)(=O)c2ccccc2)CC1. The van der Waals surface area contributed by atoms with Gasteiger partial charge in [0.25, 0.3) is 0 Å². The fraction of sp³-hybridized carbons (Fsp3) is 0.571. The number of sulfonamides is 1. The Labute approximate surface area is 110 Å². The highest BCUT2D eigenvalue weighted by Crippen LogP contribution is 2.26. The van der Waals surface area contributed by atoms with Crippen molar-refractivity contribution >= 4 is 10.0 Å². The van der Waals surface area contributed by atoms with Gasteiger partial charge in [-0.2, -0.15) is 4.31 Å². The van der Waals surface area contributed by atoms with Crippen LogP contribution in [0.15, 0.2) is 35.2 Å². The van der Waals surface area contributed by atoms with E-state index in [0.717, 1.165) is 12.8 Å². The number of nitrogens with zero attached hydrogens (tertiary/aromatic N) is 1. The Bertz CT molecular complexity index is 462. The van der Waals surface area contributed by atoms with Gasteiger partial charge in [-0.25, -0.2) is 8.42 Å². The van der Waals surface area contributed by atoms with Crippen molar-refractivity contribution in [3.63, 3.8) is 0 Å². The highest BCUT2D eigenvalue weighted by Gasteiger charge is 2.28. The molecule has 1 fully saturated rings. The van der Waals surface area contributed by atoms with Gasteiger partial charge in [-0.15, -0.1) is 0 Å². The molecule has 0 radical (unpaired) electrons. The minimum absolute atomic E-state index is 0.416. The van der Waals surface area contributed by atoms with Crippen LogP contribution in [0.5, 0.6) is 0 Å². The molecule has 1 aliphatic rings. The van der Waals surface area contributed by atoms with E-state index < -0.39 is 10.0 Å². The molecule has 1 aromatic rings. The number of hydrogen-bond acceptors (Lipinski definition) is 2. The molecule has 3 nitrogen and oxygen atoms in total. The molecular formula is C14H21NO2S. The van der Waals surface area contributed by atoms with Crippen molar-refractivity contribution in [3.8, 4) is 0 Å². The maximum atomic E-state index is 12.4. The van der Waals surface area contributed by atoms with Crippen molar-refractivity contribution in [3.05, 3.63) is 30.3 Å². The molecule has 100 valence electrons. The summed E-state index contributed by atoms with van der Waals surface area (Å²) in [5, 5.41) is 0. The lowest BCUT2D eigenvalue weighted by Crippen LogP contribution is -2.38. The predicted octanol–water partition coefficient (Wildman–Crippen LogP) is 2.89. The lowest BCUT2D eigenvalue weighted by molar-refractivity contribution is 0.262. The highest BCUT2D eigenvalue weighted by atomic mass is 32.2. The standard InChI is InChI=1S/C14H21NO2S/c1-2-6-13-9-11-15(12-10-13)18(16,17)14-7-4-3-5-8-14/h3-5,7-8,13H,2,6,9-12H2,1H3. The Morgan fingerprint density at radius 2 is 1.78 bits per heavy atom. The number of piperidine rings is 1. The Balaban J connectivity index is 2.05. The molecule has 0 aliphatic carbocycles. The summed E-state index contributed by atoms with van der Waals surface area (Å²) < 4.78 is 26.4. The molecule has 0 N–H and O–H groups in total. The Kier molecular flexibility index (Phi) is 4.40. The van der Waals surface area contributed by atoms with Gasteiger partial charge in [0.05, 0.1) is 4.90 Å². The van der Waals surface area contributed by atoms with Gasteiger partial charge in [-0.1, -0.05) is 38.0 Å². The van der Waals surface area contributed by atoms with E-state index in [1.54, 1.807) is 28.6 Å². The molecule has 0 bridgehead atoms. The zero-order valence-electron chi connectivity index (χ0n) is 10.9. The first-order valence-corrected chi connectivity index (χ1v) is 8.14. The molecule has 0 aromatic heterocycles. The van der Waals surface area contributed by atoms with Gasteiger partial charge < -0.3 is 0 Å². The van der Waals surface area contributed by atoms with Crippen LogP contribution in [0.25, 0.3) is 0 Å². The van der Waals surface area contributed by atoms with Gasteiger partial charge in [0.15, 0.2) is 0 Å². The summed E-state index contributed by atoms with van der Waals surface area (Å²) in [4.78, 5) is 0.416. The Morgan fingerprint density at radius 3 is 2.33 bits per heavy atom. The highest BCUT2D eigenvalue weighted by molar-refractivity contribution is 7.89. The summed E-state index contributed by atoms with van der Waals surface area (Å²) in [5.41, 5.74) is 0. The number of hydrogen-bond donors (Lipinski definition) is 0. The van der Waals surface area contributed by atoms with Crippen LogP contribution >= 0.6 is 0 Å². The molecule has 1 aliphatic heterocycles. The van der Waals surface area contributed by atoms with E-state index in [1.165, 1.54) is 12.8 Å². The molecule has 0 unspecified atom stereocenters. The fourth-order valence-corrected chi connectivity index (χ4v) is 4.08. The Hall–Kier alpha value is -0.870. The molecule has 2 rings (SSSR count). The van der Waals surface area contributed by atoms with E-state index in [4.69, 9.17) is 0 Å². The summed E-state index contributed by atoms with van der Waals surface area (Å²) >= 11 is 0. The van der Waals surface area contributed by atoms with Crippen molar-refractivity contribution in [1.29, 1.82) is 0 Å². The summed E-state index contributed by atoms with van der Waals surface area (Å²) in [7, 11) is -3.27. The molecule has 1 heterocycles. The van der Waals surface area contributed by atoms with E-state index in [9.17, 15) is 8.42 Å². The molecule has 18 heavy (non-hydrogen) atoms. The van der Waals surface area contributed by atoms with E-state index in [0.29, 0.717) is 23.9 Å². The van der Waals surface area contributed by atoms with Gasteiger partial charge in [0, 0.05) is 13.1 Å². The first-order valence-electron chi connectivity index (χ1n) is 6.70. The van der Waals surface area contributed by atoms with Gasteiger partial charge in [0.1, 0.15) is 0 Å². The van der Waals surface area contributed by atoms with Crippen LogP contribution in [0.3, 0.4) is 0 Å². The second-order valence-corrected chi connectivity index (χ2v) is 6.89. The fourth-order valence-electron chi connectivity index (χ4n) is 2.59. The first-order chi connectivity index (χ1) is 8.64. The molecule has 1 saturated heterocycles. The molecule has 0 saturated carbocycles. The monoisotopic (exact) mass is 267 g/mol. The van der Waals surface area contributed by atoms with Gasteiger partial charge >= 0.3 is 0 Å². The summed E-state index contributed by atoms with van der Waals surface area (Å²) in [6, 6.07) is 8.74. The molecule has 0 spiro atoms. The van der Waals surface area contributed by atoms with Gasteiger partial charge in [-0.3, -0.25) is 0 Å². The van der Waals surface area contributed by atoms with Crippen LogP contribution in [0.1, 0.15) is 32.6 Å². The first kappa shape index (κ1) is 13.6. The molecular weight excluding hydrogens is 246 g/mol. The average Bonchev–Trinajstić information content (AvgIpc) is 2.41. The minimum atomic E-state index is -3.27. The van der Waals surface area contributed by atoms with Crippen molar-refractivity contribution in [2.24, 2.45) is 5.92 Å². The second kappa shape index (κ2) is 5.85. The van der Waals surface area contributed by atoms with Crippen LogP contribution in [-0.2, 0) is 10.0 Å². The van der Waals surface area contributed by atoms with Crippen molar-refractivity contribution < 1.29 is 8.42 Å². The van der Waals surface area contributed by atoms with Gasteiger partial charge in [0.2, 0.25) is 10.0 Å². The van der Waals surface area contributed by atoms with Crippen LogP contribution in [0.4, 0.5) is 0 Å². The minimum Gasteiger partial charge on any atom is -0.207 e. The third kappa shape index (κ3) is 2.93. The topological polar surface area (TPSA) is 37.4 Å². The average molecular weight is 267 g/mol. The molecule has 4 heteroatoms. The van der Waals surface area contributed by atoms with Crippen molar-refractivity contribution in [2.45, 2.75) is 37.5 Å². The third-order valence-corrected chi connectivity index (χ3v) is 5.56. The molecule has 0 amide bonds. The van der Waals surface area contributed by atoms with Gasteiger partial charge in [-0.05, 0) is 30.9 Å². The zero-order valence-corrected chi connectivity index (χ0v) is 11.7. The lowest BCUT2D eigenvalue weighted by atomic mass is 9.94. The quantitative estimate of drug-likeness (QED) is 0.841. The summed E-state index contributed by atoms with van der Waals surface area (Å²) in [6.45, 7) is 3.52. The van der Waals surface area contributed by atoms with E-state index in [-0.39, 0.29) is 0 Å². The van der Waals surface area contributed by atoms with Crippen LogP contribution in [-0.4, -0.2) is 25.8 Å². The molecule has 1 aromatic carbocycles. The Morgan fingerprint density at radius 1 is 1.17 bits per heavy atom. The normalized spacial score (nSPS) is 18.9. The van der Waals surface area contributed by atoms with E-state index >= 15 is 0 Å². The van der Waals surface area contributed by atoms with E-state index in [1.807, 2.05) is 6.07 Å². The van der Waals surface area contributed by atoms with Crippen molar-refractivity contribution in [2.75, 3.05) is 13.1 Å². The lowest BCUT2D eigenvalue weighted by Gasteiger charge is -2.31. The summed E-state index contributed by atoms with van der Waals surface area (Å²) in [5.74, 6) is 0.706. The third-order valence-electron chi connectivity index (χ3n) is 3.65. The number of rotatable bonds is 4. The second-order valence-electron chi connectivity index (χ2n) is 4.95. The maximum Gasteiger partial charge on any atom is 0.243 e. The van der Waals surface area contributed by atoms with Crippen molar-refractivity contribution in [1.82, 2.24) is 4.31 Å². The van der Waals surface area contributed by atoms with E-state index in [2.05, 4.69) is 6.92 Å². The summed E-state index contributed by atoms with van der Waals surface area (Å²) in [6.07, 6.45) is 4.41. The number of benzene rings is 1.